The zero-order valence-electron chi connectivity index (χ0n) is 16.5. The van der Waals surface area contributed by atoms with Crippen LogP contribution in [0.2, 0.25) is 10.0 Å². The summed E-state index contributed by atoms with van der Waals surface area (Å²) < 4.78 is 16.8. The molecule has 0 N–H and O–H groups in total. The topological polar surface area (TPSA) is 95.7 Å². The van der Waals surface area contributed by atoms with Crippen molar-refractivity contribution in [1.82, 2.24) is 9.88 Å². The van der Waals surface area contributed by atoms with Crippen molar-refractivity contribution >= 4 is 35.0 Å². The molecular formula is C21H18Cl2N4O4. The van der Waals surface area contributed by atoms with Crippen molar-refractivity contribution in [1.29, 1.82) is 5.26 Å². The second-order valence-corrected chi connectivity index (χ2v) is 7.67. The maximum atomic E-state index is 12.8. The summed E-state index contributed by atoms with van der Waals surface area (Å²) in [5.41, 5.74) is 0.179. The average Bonchev–Trinajstić information content (AvgIpc) is 3.46. The number of piperazine rings is 1. The van der Waals surface area contributed by atoms with E-state index >= 15 is 0 Å². The maximum Gasteiger partial charge on any atom is 0.266 e. The van der Waals surface area contributed by atoms with Gasteiger partial charge in [0.1, 0.15) is 16.8 Å². The largest absolute Gasteiger partial charge is 0.479 e. The highest BCUT2D eigenvalue weighted by Crippen LogP contribution is 2.32. The Morgan fingerprint density at radius 3 is 2.68 bits per heavy atom. The van der Waals surface area contributed by atoms with Crippen LogP contribution in [0.1, 0.15) is 12.6 Å². The van der Waals surface area contributed by atoms with Crippen molar-refractivity contribution < 1.29 is 18.4 Å². The van der Waals surface area contributed by atoms with Crippen molar-refractivity contribution in [3.05, 3.63) is 52.3 Å². The Bertz CT molecular complexity index is 1120. The highest BCUT2D eigenvalue weighted by Gasteiger charge is 2.30. The van der Waals surface area contributed by atoms with Gasteiger partial charge in [0.05, 0.1) is 11.3 Å². The molecule has 1 unspecified atom stereocenters. The molecule has 1 atom stereocenters. The van der Waals surface area contributed by atoms with Crippen LogP contribution in [-0.4, -0.2) is 48.1 Å². The number of hydrogen-bond donors (Lipinski definition) is 0. The summed E-state index contributed by atoms with van der Waals surface area (Å²) in [6.45, 7) is 3.52. The number of oxazole rings is 1. The Morgan fingerprint density at radius 2 is 2.00 bits per heavy atom. The molecule has 10 heteroatoms. The molecule has 1 aromatic carbocycles. The molecule has 0 saturated carbocycles. The van der Waals surface area contributed by atoms with Crippen LogP contribution in [0.3, 0.4) is 0 Å². The molecule has 8 nitrogen and oxygen atoms in total. The van der Waals surface area contributed by atoms with E-state index < -0.39 is 6.10 Å². The van der Waals surface area contributed by atoms with E-state index in [1.165, 1.54) is 6.26 Å². The molecule has 0 radical (unpaired) electrons. The number of rotatable bonds is 5. The first kappa shape index (κ1) is 21.1. The number of hydrogen-bond acceptors (Lipinski definition) is 7. The second-order valence-electron chi connectivity index (χ2n) is 6.89. The van der Waals surface area contributed by atoms with Gasteiger partial charge >= 0.3 is 0 Å². The van der Waals surface area contributed by atoms with Gasteiger partial charge < -0.3 is 23.4 Å². The van der Waals surface area contributed by atoms with Crippen LogP contribution in [0.5, 0.6) is 5.75 Å². The van der Waals surface area contributed by atoms with E-state index in [-0.39, 0.29) is 22.5 Å². The van der Waals surface area contributed by atoms with Gasteiger partial charge in [-0.25, -0.2) is 0 Å². The highest BCUT2D eigenvalue weighted by molar-refractivity contribution is 6.42. The fraction of sp³-hybridized carbons (Fsp3) is 0.286. The lowest BCUT2D eigenvalue weighted by molar-refractivity contribution is -0.138. The van der Waals surface area contributed by atoms with Gasteiger partial charge in [0.25, 0.3) is 11.8 Å². The van der Waals surface area contributed by atoms with Gasteiger partial charge in [-0.2, -0.15) is 10.2 Å². The Hall–Kier alpha value is -3.15. The monoisotopic (exact) mass is 460 g/mol. The number of anilines is 1. The number of carbonyl (C=O) groups excluding carboxylic acids is 1. The normalized spacial score (nSPS) is 14.9. The van der Waals surface area contributed by atoms with Crippen molar-refractivity contribution in [3.63, 3.8) is 0 Å². The van der Waals surface area contributed by atoms with E-state index in [0.717, 1.165) is 0 Å². The molecule has 1 saturated heterocycles. The summed E-state index contributed by atoms with van der Waals surface area (Å²) in [5, 5.41) is 10.1. The predicted octanol–water partition coefficient (Wildman–Crippen LogP) is 4.23. The molecule has 0 spiro atoms. The second kappa shape index (κ2) is 8.92. The standard InChI is InChI=1S/C21H18Cl2N4O4/c1-13(30-16-5-2-4-14(22)18(16)23)20(28)26-7-9-27(10-8-26)21-15(12-24)25-19(31-21)17-6-3-11-29-17/h2-6,11,13H,7-10H2,1H3. The van der Waals surface area contributed by atoms with Crippen LogP contribution in [0.4, 0.5) is 5.88 Å². The summed E-state index contributed by atoms with van der Waals surface area (Å²) in [7, 11) is 0. The van der Waals surface area contributed by atoms with E-state index in [4.69, 9.17) is 36.8 Å². The average molecular weight is 461 g/mol. The van der Waals surface area contributed by atoms with Crippen molar-refractivity contribution in [2.24, 2.45) is 0 Å². The minimum atomic E-state index is -0.729. The van der Waals surface area contributed by atoms with Gasteiger partial charge in [0, 0.05) is 26.2 Å². The molecule has 1 aliphatic rings. The van der Waals surface area contributed by atoms with Crippen LogP contribution in [0.25, 0.3) is 11.7 Å². The Morgan fingerprint density at radius 1 is 1.23 bits per heavy atom. The molecular weight excluding hydrogens is 443 g/mol. The molecule has 31 heavy (non-hydrogen) atoms. The number of ether oxygens (including phenoxy) is 1. The molecule has 3 heterocycles. The fourth-order valence-corrected chi connectivity index (χ4v) is 3.64. The predicted molar refractivity (Wildman–Crippen MR) is 114 cm³/mol. The highest BCUT2D eigenvalue weighted by atomic mass is 35.5. The number of halogens is 2. The summed E-state index contributed by atoms with van der Waals surface area (Å²) >= 11 is 12.1. The fourth-order valence-electron chi connectivity index (χ4n) is 3.31. The van der Waals surface area contributed by atoms with Crippen LogP contribution >= 0.6 is 23.2 Å². The van der Waals surface area contributed by atoms with Crippen molar-refractivity contribution in [3.8, 4) is 23.5 Å². The lowest BCUT2D eigenvalue weighted by Crippen LogP contribution is -2.52. The maximum absolute atomic E-state index is 12.8. The van der Waals surface area contributed by atoms with Crippen molar-refractivity contribution in [2.75, 3.05) is 31.1 Å². The van der Waals surface area contributed by atoms with Crippen LogP contribution in [0, 0.1) is 11.3 Å². The molecule has 0 bridgehead atoms. The molecule has 1 aliphatic heterocycles. The number of nitrogens with zero attached hydrogens (tertiary/aromatic N) is 4. The summed E-state index contributed by atoms with van der Waals surface area (Å²) in [6, 6.07) is 10.5. The first-order valence-corrected chi connectivity index (χ1v) is 10.3. The molecule has 1 fully saturated rings. The van der Waals surface area contributed by atoms with Gasteiger partial charge in [-0.05, 0) is 31.2 Å². The quantitative estimate of drug-likeness (QED) is 0.561. The summed E-state index contributed by atoms with van der Waals surface area (Å²) in [4.78, 5) is 20.6. The summed E-state index contributed by atoms with van der Waals surface area (Å²) in [6.07, 6.45) is 0.781. The minimum absolute atomic E-state index is 0.162. The Kier molecular flexibility index (Phi) is 6.07. The van der Waals surface area contributed by atoms with E-state index in [9.17, 15) is 10.1 Å². The van der Waals surface area contributed by atoms with Gasteiger partial charge in [-0.3, -0.25) is 4.79 Å². The van der Waals surface area contributed by atoms with Crippen LogP contribution < -0.4 is 9.64 Å². The van der Waals surface area contributed by atoms with Gasteiger partial charge in [-0.15, -0.1) is 0 Å². The third-order valence-corrected chi connectivity index (χ3v) is 5.69. The minimum Gasteiger partial charge on any atom is -0.479 e. The first-order chi connectivity index (χ1) is 15.0. The smallest absolute Gasteiger partial charge is 0.266 e. The lowest BCUT2D eigenvalue weighted by Gasteiger charge is -2.35. The van der Waals surface area contributed by atoms with E-state index in [2.05, 4.69) is 11.1 Å². The number of carbonyl (C=O) groups is 1. The Labute approximate surface area is 188 Å². The number of aromatic nitrogens is 1. The van der Waals surface area contributed by atoms with Gasteiger partial charge in [0.2, 0.25) is 11.6 Å². The summed E-state index contributed by atoms with van der Waals surface area (Å²) in [5.74, 6) is 1.26. The van der Waals surface area contributed by atoms with Crippen molar-refractivity contribution in [2.45, 2.75) is 13.0 Å². The lowest BCUT2D eigenvalue weighted by atomic mass is 10.2. The third-order valence-electron chi connectivity index (χ3n) is 4.89. The Balaban J connectivity index is 1.40. The van der Waals surface area contributed by atoms with E-state index in [1.54, 1.807) is 42.2 Å². The zero-order valence-corrected chi connectivity index (χ0v) is 18.1. The third kappa shape index (κ3) is 4.33. The molecule has 160 valence electrons. The number of furan rings is 1. The van der Waals surface area contributed by atoms with Crippen LogP contribution in [-0.2, 0) is 4.79 Å². The van der Waals surface area contributed by atoms with E-state index in [1.807, 2.05) is 4.90 Å². The SMILES string of the molecule is CC(Oc1cccc(Cl)c1Cl)C(=O)N1CCN(c2oc(-c3ccco3)nc2C#N)CC1. The van der Waals surface area contributed by atoms with Gasteiger partial charge in [0.15, 0.2) is 11.9 Å². The first-order valence-electron chi connectivity index (χ1n) is 9.57. The number of benzene rings is 1. The number of amides is 1. The molecule has 3 aromatic rings. The van der Waals surface area contributed by atoms with E-state index in [0.29, 0.717) is 48.6 Å². The molecule has 1 amide bonds. The number of nitriles is 1. The molecule has 0 aliphatic carbocycles. The van der Waals surface area contributed by atoms with Gasteiger partial charge in [-0.1, -0.05) is 29.3 Å². The van der Waals surface area contributed by atoms with Crippen LogP contribution in [0.15, 0.2) is 45.4 Å². The molecule has 2 aromatic heterocycles. The zero-order chi connectivity index (χ0) is 22.0. The molecule has 4 rings (SSSR count).